The van der Waals surface area contributed by atoms with Crippen molar-refractivity contribution in [2.75, 3.05) is 0 Å². The molecule has 66 valence electrons. The average Bonchev–Trinajstić information content (AvgIpc) is 2.15. The Morgan fingerprint density at radius 2 is 2.38 bits per heavy atom. The summed E-state index contributed by atoms with van der Waals surface area (Å²) in [6.07, 6.45) is 7.55. The number of aryl methyl sites for hydroxylation is 1. The zero-order chi connectivity index (χ0) is 9.68. The van der Waals surface area contributed by atoms with Crippen LogP contribution in [0.25, 0.3) is 0 Å². The maximum Gasteiger partial charge on any atom is 0.165 e. The molecule has 0 radical (unpaired) electrons. The van der Waals surface area contributed by atoms with E-state index in [-0.39, 0.29) is 5.78 Å². The van der Waals surface area contributed by atoms with Crippen LogP contribution in [0.5, 0.6) is 0 Å². The minimum absolute atomic E-state index is 0.0606. The predicted octanol–water partition coefficient (Wildman–Crippen LogP) is 1.99. The fraction of sp³-hybridized carbons (Fsp3) is 0.273. The number of pyridine rings is 1. The second-order valence-corrected chi connectivity index (χ2v) is 2.82. The van der Waals surface area contributed by atoms with Crippen molar-refractivity contribution in [1.82, 2.24) is 4.98 Å². The van der Waals surface area contributed by atoms with Crippen molar-refractivity contribution in [1.29, 1.82) is 0 Å². The highest BCUT2D eigenvalue weighted by atomic mass is 16.1. The number of terminal acetylenes is 1. The van der Waals surface area contributed by atoms with Crippen LogP contribution in [0.3, 0.4) is 0 Å². The largest absolute Gasteiger partial charge is 0.294 e. The molecule has 0 fully saturated rings. The van der Waals surface area contributed by atoms with Crippen molar-refractivity contribution < 1.29 is 4.79 Å². The first-order valence-electron chi connectivity index (χ1n) is 4.13. The summed E-state index contributed by atoms with van der Waals surface area (Å²) in [6.45, 7) is 1.88. The Bertz CT molecular complexity index is 332. The number of rotatable bonds is 3. The van der Waals surface area contributed by atoms with Crippen LogP contribution in [-0.4, -0.2) is 10.8 Å². The van der Waals surface area contributed by atoms with Gasteiger partial charge in [-0.15, -0.1) is 12.3 Å². The summed E-state index contributed by atoms with van der Waals surface area (Å²) in [5.74, 6) is 2.50. The molecule has 1 rings (SSSR count). The standard InChI is InChI=1S/C11H11NO/c1-3-4-5-11(13)10-7-6-9(2)12-8-10/h1,6-8H,4-5H2,2H3. The molecule has 0 saturated carbocycles. The smallest absolute Gasteiger partial charge is 0.165 e. The van der Waals surface area contributed by atoms with Gasteiger partial charge < -0.3 is 0 Å². The van der Waals surface area contributed by atoms with Crippen LogP contribution in [0.1, 0.15) is 28.9 Å². The number of ketones is 1. The third-order valence-electron chi connectivity index (χ3n) is 1.73. The monoisotopic (exact) mass is 173 g/mol. The Balaban J connectivity index is 2.68. The van der Waals surface area contributed by atoms with E-state index in [0.29, 0.717) is 18.4 Å². The van der Waals surface area contributed by atoms with Crippen molar-refractivity contribution in [3.05, 3.63) is 29.6 Å². The Morgan fingerprint density at radius 3 is 2.92 bits per heavy atom. The summed E-state index contributed by atoms with van der Waals surface area (Å²) in [5.41, 5.74) is 1.55. The van der Waals surface area contributed by atoms with E-state index >= 15 is 0 Å². The van der Waals surface area contributed by atoms with E-state index in [1.807, 2.05) is 13.0 Å². The van der Waals surface area contributed by atoms with Gasteiger partial charge in [-0.1, -0.05) is 0 Å². The van der Waals surface area contributed by atoms with E-state index in [4.69, 9.17) is 6.42 Å². The lowest BCUT2D eigenvalue weighted by Crippen LogP contribution is -1.99. The van der Waals surface area contributed by atoms with Gasteiger partial charge in [0.15, 0.2) is 5.78 Å². The van der Waals surface area contributed by atoms with Crippen LogP contribution in [0.4, 0.5) is 0 Å². The van der Waals surface area contributed by atoms with Crippen LogP contribution in [-0.2, 0) is 0 Å². The number of nitrogens with zero attached hydrogens (tertiary/aromatic N) is 1. The first kappa shape index (κ1) is 9.47. The molecular formula is C11H11NO. The molecule has 0 aliphatic heterocycles. The van der Waals surface area contributed by atoms with E-state index in [1.165, 1.54) is 0 Å². The molecule has 0 bridgehead atoms. The first-order valence-corrected chi connectivity index (χ1v) is 4.13. The Morgan fingerprint density at radius 1 is 1.62 bits per heavy atom. The van der Waals surface area contributed by atoms with Crippen LogP contribution >= 0.6 is 0 Å². The maximum absolute atomic E-state index is 11.4. The number of hydrogen-bond donors (Lipinski definition) is 0. The lowest BCUT2D eigenvalue weighted by molar-refractivity contribution is 0.0984. The Kier molecular flexibility index (Phi) is 3.22. The van der Waals surface area contributed by atoms with Crippen molar-refractivity contribution >= 4 is 5.78 Å². The van der Waals surface area contributed by atoms with Crippen LogP contribution in [0.15, 0.2) is 18.3 Å². The molecule has 0 aromatic carbocycles. The zero-order valence-corrected chi connectivity index (χ0v) is 7.58. The second-order valence-electron chi connectivity index (χ2n) is 2.82. The summed E-state index contributed by atoms with van der Waals surface area (Å²) in [4.78, 5) is 15.4. The lowest BCUT2D eigenvalue weighted by Gasteiger charge is -1.97. The number of hydrogen-bond acceptors (Lipinski definition) is 2. The molecule has 2 nitrogen and oxygen atoms in total. The topological polar surface area (TPSA) is 30.0 Å². The van der Waals surface area contributed by atoms with Crippen molar-refractivity contribution in [3.8, 4) is 12.3 Å². The van der Waals surface area contributed by atoms with Crippen molar-refractivity contribution in [2.24, 2.45) is 0 Å². The first-order chi connectivity index (χ1) is 6.24. The van der Waals surface area contributed by atoms with Gasteiger partial charge in [-0.2, -0.15) is 0 Å². The molecule has 0 saturated heterocycles. The third kappa shape index (κ3) is 2.72. The van der Waals surface area contributed by atoms with Crippen LogP contribution in [0.2, 0.25) is 0 Å². The highest BCUT2D eigenvalue weighted by molar-refractivity contribution is 5.95. The number of carbonyl (C=O) groups excluding carboxylic acids is 1. The molecule has 1 aromatic heterocycles. The van der Waals surface area contributed by atoms with Gasteiger partial charge in [0.05, 0.1) is 0 Å². The van der Waals surface area contributed by atoms with Gasteiger partial charge in [-0.25, -0.2) is 0 Å². The maximum atomic E-state index is 11.4. The van der Waals surface area contributed by atoms with E-state index in [0.717, 1.165) is 5.69 Å². The summed E-state index contributed by atoms with van der Waals surface area (Å²) < 4.78 is 0. The molecule has 1 heterocycles. The third-order valence-corrected chi connectivity index (χ3v) is 1.73. The summed E-state index contributed by atoms with van der Waals surface area (Å²) in [5, 5.41) is 0. The Labute approximate surface area is 78.0 Å². The molecular weight excluding hydrogens is 162 g/mol. The molecule has 0 spiro atoms. The fourth-order valence-corrected chi connectivity index (χ4v) is 0.963. The molecule has 0 aliphatic carbocycles. The molecule has 0 aliphatic rings. The van der Waals surface area contributed by atoms with E-state index < -0.39 is 0 Å². The average molecular weight is 173 g/mol. The van der Waals surface area contributed by atoms with Crippen LogP contribution in [0, 0.1) is 19.3 Å². The van der Waals surface area contributed by atoms with Gasteiger partial charge in [0.2, 0.25) is 0 Å². The molecule has 2 heteroatoms. The molecule has 0 unspecified atom stereocenters. The second kappa shape index (κ2) is 4.42. The van der Waals surface area contributed by atoms with Gasteiger partial charge in [0.25, 0.3) is 0 Å². The predicted molar refractivity (Wildman–Crippen MR) is 51.4 cm³/mol. The van der Waals surface area contributed by atoms with E-state index in [1.54, 1.807) is 12.3 Å². The van der Waals surface area contributed by atoms with Gasteiger partial charge in [-0.05, 0) is 19.1 Å². The van der Waals surface area contributed by atoms with Crippen molar-refractivity contribution in [2.45, 2.75) is 19.8 Å². The highest BCUT2D eigenvalue weighted by Crippen LogP contribution is 2.04. The van der Waals surface area contributed by atoms with E-state index in [2.05, 4.69) is 10.9 Å². The number of Topliss-reactive ketones (excluding diaryl/α,β-unsaturated/α-hetero) is 1. The molecule has 0 amide bonds. The normalized spacial score (nSPS) is 9.23. The minimum Gasteiger partial charge on any atom is -0.294 e. The number of carbonyl (C=O) groups is 1. The lowest BCUT2D eigenvalue weighted by atomic mass is 10.1. The molecule has 0 N–H and O–H groups in total. The summed E-state index contributed by atoms with van der Waals surface area (Å²) in [7, 11) is 0. The quantitative estimate of drug-likeness (QED) is 0.516. The summed E-state index contributed by atoms with van der Waals surface area (Å²) >= 11 is 0. The van der Waals surface area contributed by atoms with E-state index in [9.17, 15) is 4.79 Å². The van der Waals surface area contributed by atoms with Crippen LogP contribution < -0.4 is 0 Å². The number of aromatic nitrogens is 1. The molecule has 0 atom stereocenters. The Hall–Kier alpha value is -1.62. The molecule has 13 heavy (non-hydrogen) atoms. The SMILES string of the molecule is C#CCCC(=O)c1ccc(C)nc1. The summed E-state index contributed by atoms with van der Waals surface area (Å²) in [6, 6.07) is 3.60. The van der Waals surface area contributed by atoms with Gasteiger partial charge in [-0.3, -0.25) is 9.78 Å². The fourth-order valence-electron chi connectivity index (χ4n) is 0.963. The highest BCUT2D eigenvalue weighted by Gasteiger charge is 2.03. The van der Waals surface area contributed by atoms with Gasteiger partial charge in [0, 0.05) is 30.3 Å². The minimum atomic E-state index is 0.0606. The van der Waals surface area contributed by atoms with Crippen molar-refractivity contribution in [3.63, 3.8) is 0 Å². The zero-order valence-electron chi connectivity index (χ0n) is 7.58. The molecule has 1 aromatic rings. The van der Waals surface area contributed by atoms with Gasteiger partial charge in [0.1, 0.15) is 0 Å². The van der Waals surface area contributed by atoms with Gasteiger partial charge >= 0.3 is 0 Å².